The molecule has 2 amide bonds. The van der Waals surface area contributed by atoms with E-state index in [-0.39, 0.29) is 53.3 Å². The molecule has 2 unspecified atom stereocenters. The standard InChI is InChI=1S/C23H25Cl2F4N5O2/c1-34(2)14(7-12-3-4-15(20(30)36)19(26)18(12)25)11-31-17(35)8-16(21-32-9-13(24)10-33-21)22(5-6-22)23(27,28)29/h3-4,9-10,14,16H,5-8,11H2,1-2H3,(H2,30,36)(H,31,35). The van der Waals surface area contributed by atoms with Gasteiger partial charge < -0.3 is 16.0 Å². The summed E-state index contributed by atoms with van der Waals surface area (Å²) in [5.74, 6) is -3.86. The molecule has 1 aromatic carbocycles. The number of halogens is 6. The van der Waals surface area contributed by atoms with Crippen LogP contribution in [0.1, 0.15) is 46.9 Å². The third-order valence-electron chi connectivity index (χ3n) is 6.51. The first-order chi connectivity index (χ1) is 16.8. The zero-order valence-electron chi connectivity index (χ0n) is 19.5. The Labute approximate surface area is 215 Å². The summed E-state index contributed by atoms with van der Waals surface area (Å²) in [7, 11) is 3.46. The molecule has 1 aliphatic carbocycles. The van der Waals surface area contributed by atoms with Crippen molar-refractivity contribution in [1.29, 1.82) is 0 Å². The largest absolute Gasteiger partial charge is 0.395 e. The normalized spacial score (nSPS) is 16.5. The van der Waals surface area contributed by atoms with Crippen molar-refractivity contribution in [3.8, 4) is 0 Å². The molecule has 1 heterocycles. The maximum atomic E-state index is 14.4. The van der Waals surface area contributed by atoms with Crippen molar-refractivity contribution in [2.24, 2.45) is 11.1 Å². The highest BCUT2D eigenvalue weighted by molar-refractivity contribution is 6.32. The van der Waals surface area contributed by atoms with Crippen LogP contribution in [0.2, 0.25) is 10.0 Å². The molecule has 196 valence electrons. The van der Waals surface area contributed by atoms with E-state index in [4.69, 9.17) is 28.9 Å². The minimum absolute atomic E-state index is 0.0502. The molecule has 3 N–H and O–H groups in total. The van der Waals surface area contributed by atoms with Crippen molar-refractivity contribution in [1.82, 2.24) is 20.2 Å². The van der Waals surface area contributed by atoms with Crippen molar-refractivity contribution < 1.29 is 27.2 Å². The molecule has 0 bridgehead atoms. The maximum absolute atomic E-state index is 14.4. The zero-order chi connectivity index (χ0) is 26.8. The summed E-state index contributed by atoms with van der Waals surface area (Å²) in [6, 6.07) is 2.32. The number of hydrogen-bond acceptors (Lipinski definition) is 5. The summed E-state index contributed by atoms with van der Waals surface area (Å²) in [5.41, 5.74) is 3.12. The fourth-order valence-electron chi connectivity index (χ4n) is 4.12. The Hall–Kier alpha value is -2.50. The van der Waals surface area contributed by atoms with E-state index in [1.807, 2.05) is 0 Å². The number of benzene rings is 1. The lowest BCUT2D eigenvalue weighted by Gasteiger charge is -2.29. The Morgan fingerprint density at radius 3 is 2.31 bits per heavy atom. The number of rotatable bonds is 10. The van der Waals surface area contributed by atoms with Crippen LogP contribution in [0.3, 0.4) is 0 Å². The summed E-state index contributed by atoms with van der Waals surface area (Å²) < 4.78 is 56.0. The lowest BCUT2D eigenvalue weighted by molar-refractivity contribution is -0.195. The van der Waals surface area contributed by atoms with E-state index in [2.05, 4.69) is 15.3 Å². The van der Waals surface area contributed by atoms with Crippen molar-refractivity contribution in [3.05, 3.63) is 57.3 Å². The molecular weight excluding hydrogens is 525 g/mol. The highest BCUT2D eigenvalue weighted by atomic mass is 35.5. The van der Waals surface area contributed by atoms with Gasteiger partial charge in [-0.1, -0.05) is 29.3 Å². The van der Waals surface area contributed by atoms with E-state index in [0.29, 0.717) is 5.56 Å². The highest BCUT2D eigenvalue weighted by Crippen LogP contribution is 2.65. The summed E-state index contributed by atoms with van der Waals surface area (Å²) in [4.78, 5) is 33.8. The van der Waals surface area contributed by atoms with Crippen molar-refractivity contribution in [2.45, 2.75) is 43.8 Å². The van der Waals surface area contributed by atoms with Gasteiger partial charge in [0.05, 0.1) is 21.0 Å². The predicted molar refractivity (Wildman–Crippen MR) is 126 cm³/mol. The molecule has 3 rings (SSSR count). The molecule has 2 aromatic rings. The van der Waals surface area contributed by atoms with Crippen LogP contribution in [0.5, 0.6) is 0 Å². The van der Waals surface area contributed by atoms with Crippen molar-refractivity contribution in [3.63, 3.8) is 0 Å². The second-order valence-corrected chi connectivity index (χ2v) is 9.87. The van der Waals surface area contributed by atoms with E-state index >= 15 is 0 Å². The molecule has 0 aliphatic heterocycles. The van der Waals surface area contributed by atoms with E-state index in [0.717, 1.165) is 0 Å². The Bertz CT molecular complexity index is 1120. The third-order valence-corrected chi connectivity index (χ3v) is 7.11. The van der Waals surface area contributed by atoms with Crippen LogP contribution < -0.4 is 11.1 Å². The van der Waals surface area contributed by atoms with Crippen LogP contribution in [0, 0.1) is 11.2 Å². The van der Waals surface area contributed by atoms with Crippen molar-refractivity contribution >= 4 is 35.0 Å². The number of nitrogens with zero attached hydrogens (tertiary/aromatic N) is 3. The molecule has 1 fully saturated rings. The Morgan fingerprint density at radius 2 is 1.81 bits per heavy atom. The van der Waals surface area contributed by atoms with Gasteiger partial charge in [0.1, 0.15) is 5.82 Å². The van der Waals surface area contributed by atoms with Gasteiger partial charge in [-0.05, 0) is 45.0 Å². The number of alkyl halides is 3. The zero-order valence-corrected chi connectivity index (χ0v) is 21.0. The summed E-state index contributed by atoms with van der Waals surface area (Å²) >= 11 is 11.9. The van der Waals surface area contributed by atoms with Gasteiger partial charge in [-0.15, -0.1) is 0 Å². The van der Waals surface area contributed by atoms with Gasteiger partial charge in [-0.2, -0.15) is 13.2 Å². The number of nitrogens with one attached hydrogen (secondary N) is 1. The Balaban J connectivity index is 1.73. The van der Waals surface area contributed by atoms with Gasteiger partial charge in [0, 0.05) is 37.3 Å². The molecule has 0 spiro atoms. The summed E-state index contributed by atoms with van der Waals surface area (Å²) in [6.07, 6.45) is -2.63. The van der Waals surface area contributed by atoms with Gasteiger partial charge in [0.15, 0.2) is 5.82 Å². The maximum Gasteiger partial charge on any atom is 0.395 e. The average molecular weight is 550 g/mol. The van der Waals surface area contributed by atoms with Crippen LogP contribution in [0.25, 0.3) is 0 Å². The monoisotopic (exact) mass is 549 g/mol. The first kappa shape index (κ1) is 28.1. The number of likely N-dealkylation sites (N-methyl/N-ethyl adjacent to an activating group) is 1. The quantitative estimate of drug-likeness (QED) is 0.434. The first-order valence-electron chi connectivity index (χ1n) is 11.0. The fourth-order valence-corrected chi connectivity index (χ4v) is 4.46. The topological polar surface area (TPSA) is 101 Å². The molecule has 36 heavy (non-hydrogen) atoms. The number of hydrogen-bond donors (Lipinski definition) is 2. The number of aromatic nitrogens is 2. The molecule has 7 nitrogen and oxygen atoms in total. The van der Waals surface area contributed by atoms with Crippen LogP contribution in [-0.2, 0) is 11.2 Å². The minimum Gasteiger partial charge on any atom is -0.366 e. The molecule has 1 saturated carbocycles. The predicted octanol–water partition coefficient (Wildman–Crippen LogP) is 4.13. The molecule has 0 radical (unpaired) electrons. The van der Waals surface area contributed by atoms with E-state index in [9.17, 15) is 27.2 Å². The van der Waals surface area contributed by atoms with E-state index < -0.39 is 41.6 Å². The lowest BCUT2D eigenvalue weighted by Crippen LogP contribution is -2.43. The molecule has 2 atom stereocenters. The number of primary amides is 1. The number of nitrogens with two attached hydrogens (primary N) is 1. The molecule has 0 saturated heterocycles. The van der Waals surface area contributed by atoms with Gasteiger partial charge in [-0.3, -0.25) is 9.59 Å². The number of carbonyl (C=O) groups excluding carboxylic acids is 2. The second kappa shape index (κ2) is 10.9. The Morgan fingerprint density at radius 1 is 1.19 bits per heavy atom. The lowest BCUT2D eigenvalue weighted by atomic mass is 9.84. The van der Waals surface area contributed by atoms with Crippen LogP contribution in [0.15, 0.2) is 24.5 Å². The average Bonchev–Trinajstić information content (AvgIpc) is 3.60. The van der Waals surface area contributed by atoms with Gasteiger partial charge >= 0.3 is 6.18 Å². The molecule has 1 aliphatic rings. The highest BCUT2D eigenvalue weighted by Gasteiger charge is 2.68. The van der Waals surface area contributed by atoms with Crippen LogP contribution in [-0.4, -0.2) is 59.5 Å². The minimum atomic E-state index is -4.52. The van der Waals surface area contributed by atoms with Gasteiger partial charge in [0.2, 0.25) is 5.91 Å². The van der Waals surface area contributed by atoms with E-state index in [1.165, 1.54) is 24.5 Å². The van der Waals surface area contributed by atoms with Gasteiger partial charge in [0.25, 0.3) is 5.91 Å². The summed E-state index contributed by atoms with van der Waals surface area (Å²) in [6.45, 7) is 0.0502. The smallest absolute Gasteiger partial charge is 0.366 e. The van der Waals surface area contributed by atoms with Crippen LogP contribution >= 0.6 is 23.2 Å². The number of carbonyl (C=O) groups is 2. The van der Waals surface area contributed by atoms with Crippen molar-refractivity contribution in [2.75, 3.05) is 20.6 Å². The Kier molecular flexibility index (Phi) is 8.47. The molecule has 13 heteroatoms. The first-order valence-corrected chi connectivity index (χ1v) is 11.8. The number of amides is 2. The molecule has 1 aromatic heterocycles. The third kappa shape index (κ3) is 6.07. The van der Waals surface area contributed by atoms with Gasteiger partial charge in [-0.25, -0.2) is 14.4 Å². The second-order valence-electron chi connectivity index (χ2n) is 9.06. The fraction of sp³-hybridized carbons (Fsp3) is 0.478. The summed E-state index contributed by atoms with van der Waals surface area (Å²) in [5, 5.41) is 2.58. The SMILES string of the molecule is CN(C)C(CNC(=O)CC(c1ncc(Cl)cn1)C1(C(F)(F)F)CC1)Cc1ccc(C(N)=O)c(F)c1Cl. The molecular formula is C23H25Cl2F4N5O2. The van der Waals surface area contributed by atoms with E-state index in [1.54, 1.807) is 19.0 Å². The van der Waals surface area contributed by atoms with Crippen LogP contribution in [0.4, 0.5) is 17.6 Å².